The maximum Gasteiger partial charge on any atom is 0.198 e. The van der Waals surface area contributed by atoms with Crippen molar-refractivity contribution in [3.63, 3.8) is 0 Å². The summed E-state index contributed by atoms with van der Waals surface area (Å²) in [7, 11) is 0. The molecule has 0 saturated carbocycles. The second-order valence-corrected chi connectivity index (χ2v) is 5.73. The highest BCUT2D eigenvalue weighted by atomic mass is 127. The van der Waals surface area contributed by atoms with Gasteiger partial charge in [0.25, 0.3) is 0 Å². The Labute approximate surface area is 126 Å². The average Bonchev–Trinajstić information content (AvgIpc) is 2.35. The van der Waals surface area contributed by atoms with Gasteiger partial charge in [-0.3, -0.25) is 0 Å². The fraction of sp³-hybridized carbons (Fsp3) is 0.0909. The summed E-state index contributed by atoms with van der Waals surface area (Å²) in [5.41, 5.74) is 0.0665. The molecule has 0 atom stereocenters. The SMILES string of the molecule is Cc1c(I)c(I)c2c(F)c(F)c(F)c(F)c2c1F. The Kier molecular flexibility index (Phi) is 3.74. The van der Waals surface area contributed by atoms with E-state index < -0.39 is 39.9 Å². The average molecular weight is 484 g/mol. The molecule has 2 aromatic rings. The van der Waals surface area contributed by atoms with Crippen LogP contribution in [0.5, 0.6) is 0 Å². The van der Waals surface area contributed by atoms with E-state index in [4.69, 9.17) is 0 Å². The van der Waals surface area contributed by atoms with E-state index in [0.717, 1.165) is 0 Å². The highest BCUT2D eigenvalue weighted by Gasteiger charge is 2.27. The van der Waals surface area contributed by atoms with Crippen LogP contribution < -0.4 is 0 Å². The van der Waals surface area contributed by atoms with Gasteiger partial charge in [0.2, 0.25) is 0 Å². The lowest BCUT2D eigenvalue weighted by molar-refractivity contribution is 0.416. The van der Waals surface area contributed by atoms with Crippen molar-refractivity contribution >= 4 is 56.0 Å². The first-order valence-corrected chi connectivity index (χ1v) is 6.73. The molecule has 0 N–H and O–H groups in total. The second-order valence-electron chi connectivity index (χ2n) is 3.57. The molecule has 0 aliphatic rings. The molecule has 0 unspecified atom stereocenters. The van der Waals surface area contributed by atoms with Crippen molar-refractivity contribution < 1.29 is 22.0 Å². The van der Waals surface area contributed by atoms with Gasteiger partial charge >= 0.3 is 0 Å². The number of fused-ring (bicyclic) bond motifs is 1. The monoisotopic (exact) mass is 484 g/mol. The van der Waals surface area contributed by atoms with Gasteiger partial charge in [0.1, 0.15) is 5.82 Å². The Morgan fingerprint density at radius 1 is 0.611 bits per heavy atom. The molecule has 0 radical (unpaired) electrons. The topological polar surface area (TPSA) is 0 Å². The summed E-state index contributed by atoms with van der Waals surface area (Å²) in [5.74, 6) is -8.30. The van der Waals surface area contributed by atoms with Gasteiger partial charge in [-0.2, -0.15) is 0 Å². The summed E-state index contributed by atoms with van der Waals surface area (Å²) in [5, 5.41) is -1.42. The molecule has 2 aromatic carbocycles. The third-order valence-corrected chi connectivity index (χ3v) is 6.02. The molecule has 0 amide bonds. The van der Waals surface area contributed by atoms with Gasteiger partial charge in [0.05, 0.1) is 5.39 Å². The molecule has 0 spiro atoms. The van der Waals surface area contributed by atoms with E-state index in [0.29, 0.717) is 3.57 Å². The lowest BCUT2D eigenvalue weighted by Crippen LogP contribution is -2.04. The van der Waals surface area contributed by atoms with E-state index in [-0.39, 0.29) is 9.13 Å². The van der Waals surface area contributed by atoms with E-state index in [9.17, 15) is 22.0 Å². The second kappa shape index (κ2) is 4.73. The molecular formula is C11H3F5I2. The Morgan fingerprint density at radius 3 is 1.56 bits per heavy atom. The number of hydrogen-bond donors (Lipinski definition) is 0. The number of hydrogen-bond acceptors (Lipinski definition) is 0. The minimum atomic E-state index is -2.00. The van der Waals surface area contributed by atoms with Crippen LogP contribution in [0.3, 0.4) is 0 Å². The predicted octanol–water partition coefficient (Wildman–Crippen LogP) is 5.05. The molecule has 96 valence electrons. The van der Waals surface area contributed by atoms with E-state index >= 15 is 0 Å². The van der Waals surface area contributed by atoms with Crippen LogP contribution in [0.2, 0.25) is 0 Å². The van der Waals surface area contributed by atoms with Crippen molar-refractivity contribution in [2.75, 3.05) is 0 Å². The van der Waals surface area contributed by atoms with E-state index in [1.807, 2.05) is 0 Å². The Bertz CT molecular complexity index is 568. The Balaban J connectivity index is 3.22. The van der Waals surface area contributed by atoms with Gasteiger partial charge in [-0.15, -0.1) is 0 Å². The molecule has 0 saturated heterocycles. The van der Waals surface area contributed by atoms with Crippen molar-refractivity contribution in [1.29, 1.82) is 0 Å². The summed E-state index contributed by atoms with van der Waals surface area (Å²) in [6, 6.07) is 0. The minimum absolute atomic E-state index is 0.0665. The fourth-order valence-electron chi connectivity index (χ4n) is 1.60. The maximum absolute atomic E-state index is 13.9. The largest absolute Gasteiger partial charge is 0.206 e. The zero-order chi connectivity index (χ0) is 13.8. The lowest BCUT2D eigenvalue weighted by Gasteiger charge is -2.12. The van der Waals surface area contributed by atoms with Crippen molar-refractivity contribution in [2.45, 2.75) is 6.92 Å². The number of halogens is 7. The van der Waals surface area contributed by atoms with Crippen molar-refractivity contribution in [1.82, 2.24) is 0 Å². The standard InChI is InChI=1S/C11H3F5I2/c1-2-5(12)3-4(11(18)10(2)17)7(14)9(16)8(15)6(3)13/h1H3. The highest BCUT2D eigenvalue weighted by molar-refractivity contribution is 14.1. The molecule has 7 heteroatoms. The van der Waals surface area contributed by atoms with Gasteiger partial charge in [-0.05, 0) is 57.7 Å². The first-order chi connectivity index (χ1) is 8.29. The Hall–Kier alpha value is -0.190. The van der Waals surface area contributed by atoms with Gasteiger partial charge < -0.3 is 0 Å². The summed E-state index contributed by atoms with van der Waals surface area (Å²) >= 11 is 3.38. The molecule has 0 nitrogen and oxygen atoms in total. The van der Waals surface area contributed by atoms with Gasteiger partial charge in [-0.25, -0.2) is 22.0 Å². The van der Waals surface area contributed by atoms with Crippen LogP contribution in [-0.2, 0) is 0 Å². The summed E-state index contributed by atoms with van der Waals surface area (Å²) < 4.78 is 67.8. The van der Waals surface area contributed by atoms with Gasteiger partial charge in [0, 0.05) is 12.5 Å². The molecule has 18 heavy (non-hydrogen) atoms. The fourth-order valence-corrected chi connectivity index (χ4v) is 3.02. The zero-order valence-electron chi connectivity index (χ0n) is 8.65. The maximum atomic E-state index is 13.9. The minimum Gasteiger partial charge on any atom is -0.206 e. The van der Waals surface area contributed by atoms with Crippen molar-refractivity contribution in [2.24, 2.45) is 0 Å². The van der Waals surface area contributed by atoms with Crippen LogP contribution in [0.15, 0.2) is 0 Å². The van der Waals surface area contributed by atoms with Crippen molar-refractivity contribution in [3.8, 4) is 0 Å². The lowest BCUT2D eigenvalue weighted by atomic mass is 10.0. The molecule has 0 aliphatic carbocycles. The van der Waals surface area contributed by atoms with Crippen LogP contribution in [0.4, 0.5) is 22.0 Å². The van der Waals surface area contributed by atoms with Gasteiger partial charge in [-0.1, -0.05) is 0 Å². The van der Waals surface area contributed by atoms with E-state index in [1.165, 1.54) is 6.92 Å². The molecule has 0 aliphatic heterocycles. The molecule has 2 rings (SSSR count). The van der Waals surface area contributed by atoms with E-state index in [1.54, 1.807) is 45.2 Å². The van der Waals surface area contributed by atoms with Crippen LogP contribution in [0.25, 0.3) is 10.8 Å². The van der Waals surface area contributed by atoms with Crippen molar-refractivity contribution in [3.05, 3.63) is 41.8 Å². The summed E-state index contributed by atoms with van der Waals surface area (Å²) in [4.78, 5) is 0. The number of rotatable bonds is 0. The van der Waals surface area contributed by atoms with Crippen LogP contribution in [0, 0.1) is 43.2 Å². The molecular weight excluding hydrogens is 481 g/mol. The normalized spacial score (nSPS) is 11.3. The van der Waals surface area contributed by atoms with Crippen LogP contribution >= 0.6 is 45.2 Å². The predicted molar refractivity (Wildman–Crippen MR) is 73.9 cm³/mol. The molecule has 0 heterocycles. The third-order valence-electron chi connectivity index (χ3n) is 2.56. The first kappa shape index (κ1) is 14.2. The summed E-state index contributed by atoms with van der Waals surface area (Å²) in [6.07, 6.45) is 0. The quantitative estimate of drug-likeness (QED) is 0.213. The summed E-state index contributed by atoms with van der Waals surface area (Å²) in [6.45, 7) is 1.36. The molecule has 0 aromatic heterocycles. The first-order valence-electron chi connectivity index (χ1n) is 4.57. The van der Waals surface area contributed by atoms with Gasteiger partial charge in [0.15, 0.2) is 23.3 Å². The smallest absolute Gasteiger partial charge is 0.198 e. The van der Waals surface area contributed by atoms with Crippen LogP contribution in [0.1, 0.15) is 5.56 Å². The number of benzene rings is 2. The molecule has 0 fully saturated rings. The van der Waals surface area contributed by atoms with Crippen LogP contribution in [-0.4, -0.2) is 0 Å². The molecule has 0 bridgehead atoms. The van der Waals surface area contributed by atoms with E-state index in [2.05, 4.69) is 0 Å². The Morgan fingerprint density at radius 2 is 1.06 bits per heavy atom. The highest BCUT2D eigenvalue weighted by Crippen LogP contribution is 2.36. The third kappa shape index (κ3) is 1.81. The zero-order valence-corrected chi connectivity index (χ0v) is 13.0.